The fraction of sp³-hybridized carbons (Fsp3) is 0.194. The number of Topliss-reactive ketones (excluding diaryl/α,β-unsaturated/α-hetero) is 1. The van der Waals surface area contributed by atoms with Crippen LogP contribution >= 0.6 is 11.8 Å². The van der Waals surface area contributed by atoms with Crippen molar-refractivity contribution in [1.82, 2.24) is 9.97 Å². The molecular weight excluding hydrogens is 603 g/mol. The van der Waals surface area contributed by atoms with E-state index in [1.807, 2.05) is 66.7 Å². The Morgan fingerprint density at radius 3 is 2.52 bits per heavy atom. The van der Waals surface area contributed by atoms with Crippen LogP contribution in [0.25, 0.3) is 11.0 Å². The molecule has 4 aromatic carbocycles. The molecule has 1 aromatic heterocycles. The average molecular weight is 635 g/mol. The molecule has 0 radical (unpaired) electrons. The summed E-state index contributed by atoms with van der Waals surface area (Å²) in [6, 6.07) is 26.3. The van der Waals surface area contributed by atoms with Crippen molar-refractivity contribution in [2.24, 2.45) is 0 Å². The zero-order valence-corrected chi connectivity index (χ0v) is 26.1. The van der Waals surface area contributed by atoms with Gasteiger partial charge in [-0.1, -0.05) is 48.2 Å². The minimum absolute atomic E-state index is 0.0691. The predicted molar refractivity (Wildman–Crippen MR) is 177 cm³/mol. The SMILES string of the molecule is COc1cccc([C@@H]2C3=C(C[C@H](c4ccc(F)cc4)CC3=O)Nc3ccccc3N2C(=O)CSc2nc3ccc(OC)cc3[nH]2)c1. The number of allylic oxidation sites excluding steroid dienone is 1. The molecule has 10 heteroatoms. The van der Waals surface area contributed by atoms with Crippen molar-refractivity contribution in [2.75, 3.05) is 30.2 Å². The van der Waals surface area contributed by atoms with Crippen molar-refractivity contribution in [3.63, 3.8) is 0 Å². The van der Waals surface area contributed by atoms with Gasteiger partial charge >= 0.3 is 0 Å². The van der Waals surface area contributed by atoms with Crippen molar-refractivity contribution in [2.45, 2.75) is 30.0 Å². The van der Waals surface area contributed by atoms with Gasteiger partial charge in [0.1, 0.15) is 17.3 Å². The first-order chi connectivity index (χ1) is 22.4. The van der Waals surface area contributed by atoms with Gasteiger partial charge in [-0.15, -0.1) is 0 Å². The maximum atomic E-state index is 14.5. The maximum Gasteiger partial charge on any atom is 0.238 e. The highest BCUT2D eigenvalue weighted by Crippen LogP contribution is 2.48. The number of nitrogens with zero attached hydrogens (tertiary/aromatic N) is 2. The summed E-state index contributed by atoms with van der Waals surface area (Å²) in [7, 11) is 3.20. The summed E-state index contributed by atoms with van der Waals surface area (Å²) < 4.78 is 24.6. The number of fused-ring (bicyclic) bond motifs is 2. The van der Waals surface area contributed by atoms with Gasteiger partial charge in [-0.3, -0.25) is 14.5 Å². The number of ether oxygens (including phenoxy) is 2. The lowest BCUT2D eigenvalue weighted by atomic mass is 9.78. The second kappa shape index (κ2) is 12.4. The number of aromatic nitrogens is 2. The number of carbonyl (C=O) groups excluding carboxylic acids is 2. The number of aromatic amines is 1. The normalized spacial score (nSPS) is 17.6. The summed E-state index contributed by atoms with van der Waals surface area (Å²) in [6.07, 6.45) is 0.767. The standard InChI is InChI=1S/C36H31FN4O4S/c1-44-25-7-5-6-22(16-25)35-34-30(17-23(18-32(34)42)21-10-12-24(37)13-11-21)38-28-8-3-4-9-31(28)41(35)33(43)20-46-36-39-27-15-14-26(45-2)19-29(27)40-36/h3-16,19,23,35,38H,17-18,20H2,1-2H3,(H,39,40)/t23-,35+/m0/s1. The third-order valence-electron chi connectivity index (χ3n) is 8.51. The van der Waals surface area contributed by atoms with Crippen LogP contribution in [0.4, 0.5) is 15.8 Å². The van der Waals surface area contributed by atoms with Gasteiger partial charge in [-0.05, 0) is 72.0 Å². The highest BCUT2D eigenvalue weighted by atomic mass is 32.2. The fourth-order valence-electron chi connectivity index (χ4n) is 6.32. The number of halogens is 1. The van der Waals surface area contributed by atoms with Crippen LogP contribution in [0.3, 0.4) is 0 Å². The number of amides is 1. The monoisotopic (exact) mass is 634 g/mol. The Bertz CT molecular complexity index is 1990. The number of ketones is 1. The molecule has 0 spiro atoms. The number of thioether (sulfide) groups is 1. The summed E-state index contributed by atoms with van der Waals surface area (Å²) in [5.41, 5.74) is 5.91. The Morgan fingerprint density at radius 2 is 1.72 bits per heavy atom. The summed E-state index contributed by atoms with van der Waals surface area (Å²) in [6.45, 7) is 0. The van der Waals surface area contributed by atoms with Gasteiger partial charge in [0.15, 0.2) is 10.9 Å². The summed E-state index contributed by atoms with van der Waals surface area (Å²) in [5, 5.41) is 4.14. The molecular formula is C36H31FN4O4S. The van der Waals surface area contributed by atoms with E-state index in [9.17, 15) is 14.0 Å². The Hall–Kier alpha value is -5.09. The molecule has 2 atom stereocenters. The third-order valence-corrected chi connectivity index (χ3v) is 9.37. The quantitative estimate of drug-likeness (QED) is 0.180. The van der Waals surface area contributed by atoms with E-state index in [-0.39, 0.29) is 35.6 Å². The van der Waals surface area contributed by atoms with Gasteiger partial charge in [0.2, 0.25) is 5.91 Å². The fourth-order valence-corrected chi connectivity index (χ4v) is 7.07. The van der Waals surface area contributed by atoms with E-state index in [1.54, 1.807) is 31.3 Å². The van der Waals surface area contributed by atoms with Gasteiger partial charge in [-0.2, -0.15) is 0 Å². The number of methoxy groups -OCH3 is 2. The molecule has 0 fully saturated rings. The van der Waals surface area contributed by atoms with E-state index < -0.39 is 6.04 Å². The second-order valence-corrected chi connectivity index (χ2v) is 12.2. The smallest absolute Gasteiger partial charge is 0.238 e. The minimum Gasteiger partial charge on any atom is -0.497 e. The number of carbonyl (C=O) groups is 2. The zero-order chi connectivity index (χ0) is 31.8. The molecule has 1 aliphatic heterocycles. The number of nitrogens with one attached hydrogen (secondary N) is 2. The van der Waals surface area contributed by atoms with Crippen LogP contribution in [0.2, 0.25) is 0 Å². The molecule has 46 heavy (non-hydrogen) atoms. The van der Waals surface area contributed by atoms with Crippen molar-refractivity contribution >= 4 is 45.9 Å². The Kier molecular flexibility index (Phi) is 7.96. The largest absolute Gasteiger partial charge is 0.497 e. The van der Waals surface area contributed by atoms with E-state index in [0.717, 1.165) is 33.5 Å². The molecule has 2 heterocycles. The molecule has 232 valence electrons. The first-order valence-corrected chi connectivity index (χ1v) is 15.9. The molecule has 8 nitrogen and oxygen atoms in total. The van der Waals surface area contributed by atoms with Crippen LogP contribution in [-0.4, -0.2) is 41.6 Å². The molecule has 5 aromatic rings. The van der Waals surface area contributed by atoms with E-state index in [4.69, 9.17) is 9.47 Å². The lowest BCUT2D eigenvalue weighted by Gasteiger charge is -2.35. The number of H-pyrrole nitrogens is 1. The van der Waals surface area contributed by atoms with Gasteiger partial charge in [0, 0.05) is 23.8 Å². The molecule has 1 amide bonds. The van der Waals surface area contributed by atoms with Crippen LogP contribution < -0.4 is 19.7 Å². The number of para-hydroxylation sites is 2. The van der Waals surface area contributed by atoms with Crippen LogP contribution in [-0.2, 0) is 9.59 Å². The van der Waals surface area contributed by atoms with Crippen molar-refractivity contribution in [1.29, 1.82) is 0 Å². The lowest BCUT2D eigenvalue weighted by molar-refractivity contribution is -0.117. The molecule has 1 aliphatic carbocycles. The first-order valence-electron chi connectivity index (χ1n) is 14.9. The minimum atomic E-state index is -0.712. The van der Waals surface area contributed by atoms with E-state index in [2.05, 4.69) is 15.3 Å². The van der Waals surface area contributed by atoms with Crippen LogP contribution in [0, 0.1) is 5.82 Å². The van der Waals surface area contributed by atoms with Crippen LogP contribution in [0.1, 0.15) is 35.9 Å². The van der Waals surface area contributed by atoms with Gasteiger partial charge < -0.3 is 19.8 Å². The topological polar surface area (TPSA) is 96.6 Å². The number of anilines is 2. The predicted octanol–water partition coefficient (Wildman–Crippen LogP) is 7.41. The van der Waals surface area contributed by atoms with Crippen LogP contribution in [0.15, 0.2) is 107 Å². The van der Waals surface area contributed by atoms with Crippen molar-refractivity contribution < 1.29 is 23.5 Å². The molecule has 0 unspecified atom stereocenters. The third kappa shape index (κ3) is 5.60. The maximum absolute atomic E-state index is 14.5. The molecule has 0 saturated carbocycles. The Balaban J connectivity index is 1.30. The highest BCUT2D eigenvalue weighted by Gasteiger charge is 2.41. The lowest BCUT2D eigenvalue weighted by Crippen LogP contribution is -2.39. The molecule has 0 saturated heterocycles. The highest BCUT2D eigenvalue weighted by molar-refractivity contribution is 7.99. The molecule has 0 bridgehead atoms. The Labute approximate surface area is 269 Å². The second-order valence-electron chi connectivity index (χ2n) is 11.3. The van der Waals surface area contributed by atoms with Crippen molar-refractivity contribution in [3.05, 3.63) is 119 Å². The Morgan fingerprint density at radius 1 is 0.935 bits per heavy atom. The van der Waals surface area contributed by atoms with Gasteiger partial charge in [-0.25, -0.2) is 9.37 Å². The number of imidazole rings is 1. The van der Waals surface area contributed by atoms with E-state index in [0.29, 0.717) is 34.3 Å². The first kappa shape index (κ1) is 29.6. The summed E-state index contributed by atoms with van der Waals surface area (Å²) in [5.74, 6) is 0.689. The van der Waals surface area contributed by atoms with Crippen molar-refractivity contribution in [3.8, 4) is 11.5 Å². The number of rotatable bonds is 7. The average Bonchev–Trinajstić information content (AvgIpc) is 3.42. The molecule has 7 rings (SSSR count). The number of benzene rings is 4. The van der Waals surface area contributed by atoms with E-state index in [1.165, 1.54) is 23.9 Å². The molecule has 2 N–H and O–H groups in total. The summed E-state index contributed by atoms with van der Waals surface area (Å²) in [4.78, 5) is 38.4. The van der Waals surface area contributed by atoms with Gasteiger partial charge in [0.05, 0.1) is 48.4 Å². The summed E-state index contributed by atoms with van der Waals surface area (Å²) >= 11 is 1.30. The van der Waals surface area contributed by atoms with Gasteiger partial charge in [0.25, 0.3) is 0 Å². The molecule has 2 aliphatic rings. The van der Waals surface area contributed by atoms with E-state index >= 15 is 0 Å². The van der Waals surface area contributed by atoms with Crippen LogP contribution in [0.5, 0.6) is 11.5 Å². The number of hydrogen-bond acceptors (Lipinski definition) is 7. The zero-order valence-electron chi connectivity index (χ0n) is 25.2. The number of hydrogen-bond donors (Lipinski definition) is 2.